The Kier molecular flexibility index (Phi) is 3.84. The summed E-state index contributed by atoms with van der Waals surface area (Å²) >= 11 is 0. The zero-order valence-electron chi connectivity index (χ0n) is 11.1. The fourth-order valence-electron chi connectivity index (χ4n) is 2.20. The number of H-pyrrole nitrogens is 1. The average Bonchev–Trinajstić information content (AvgIpc) is 2.92. The minimum Gasteiger partial charge on any atom is -0.462 e. The minimum absolute atomic E-state index is 0.0625. The Labute approximate surface area is 111 Å². The molecule has 1 aromatic rings. The molecule has 19 heavy (non-hydrogen) atoms. The fourth-order valence-corrected chi connectivity index (χ4v) is 2.20. The lowest BCUT2D eigenvalue weighted by molar-refractivity contribution is -0.117. The molecule has 1 aliphatic rings. The third-order valence-electron chi connectivity index (χ3n) is 3.20. The van der Waals surface area contributed by atoms with Crippen LogP contribution in [0.5, 0.6) is 0 Å². The van der Waals surface area contributed by atoms with Crippen molar-refractivity contribution in [3.05, 3.63) is 11.3 Å². The number of amides is 1. The van der Waals surface area contributed by atoms with E-state index in [1.165, 1.54) is 4.90 Å². The van der Waals surface area contributed by atoms with Crippen LogP contribution >= 0.6 is 0 Å². The highest BCUT2D eigenvalue weighted by Crippen LogP contribution is 2.28. The second-order valence-electron chi connectivity index (χ2n) is 4.58. The largest absolute Gasteiger partial charge is 0.462 e. The van der Waals surface area contributed by atoms with Gasteiger partial charge in [-0.25, -0.2) is 4.79 Å². The summed E-state index contributed by atoms with van der Waals surface area (Å²) in [6.07, 6.45) is 0.394. The van der Waals surface area contributed by atoms with E-state index in [-0.39, 0.29) is 18.4 Å². The van der Waals surface area contributed by atoms with Gasteiger partial charge in [0.05, 0.1) is 6.61 Å². The smallest absolute Gasteiger partial charge is 0.343 e. The van der Waals surface area contributed by atoms with Crippen LogP contribution in [0.2, 0.25) is 0 Å². The van der Waals surface area contributed by atoms with E-state index in [1.807, 2.05) is 0 Å². The first-order valence-electron chi connectivity index (χ1n) is 6.31. The molecule has 0 aromatic carbocycles. The van der Waals surface area contributed by atoms with Gasteiger partial charge in [0.25, 0.3) is 0 Å². The number of aromatic nitrogens is 2. The fraction of sp³-hybridized carbons (Fsp3) is 0.583. The third-order valence-corrected chi connectivity index (χ3v) is 3.20. The van der Waals surface area contributed by atoms with E-state index in [1.54, 1.807) is 13.8 Å². The van der Waals surface area contributed by atoms with Crippen LogP contribution in [0.25, 0.3) is 0 Å². The number of esters is 1. The number of anilines is 1. The number of ether oxygens (including phenoxy) is 1. The van der Waals surface area contributed by atoms with Crippen LogP contribution in [0.1, 0.15) is 29.4 Å². The maximum absolute atomic E-state index is 12.0. The predicted molar refractivity (Wildman–Crippen MR) is 68.8 cm³/mol. The molecule has 3 N–H and O–H groups in total. The number of aryl methyl sites for hydroxylation is 1. The molecule has 0 aliphatic carbocycles. The lowest BCUT2D eigenvalue weighted by Crippen LogP contribution is -2.28. The van der Waals surface area contributed by atoms with Gasteiger partial charge in [-0.05, 0) is 26.3 Å². The summed E-state index contributed by atoms with van der Waals surface area (Å²) in [6, 6.07) is 0. The van der Waals surface area contributed by atoms with Crippen molar-refractivity contribution in [2.24, 2.45) is 11.7 Å². The van der Waals surface area contributed by atoms with Gasteiger partial charge < -0.3 is 10.5 Å². The summed E-state index contributed by atoms with van der Waals surface area (Å²) in [4.78, 5) is 25.4. The van der Waals surface area contributed by atoms with Crippen molar-refractivity contribution in [3.63, 3.8) is 0 Å². The van der Waals surface area contributed by atoms with Gasteiger partial charge in [0.15, 0.2) is 5.82 Å². The first-order valence-corrected chi connectivity index (χ1v) is 6.31. The van der Waals surface area contributed by atoms with Crippen molar-refractivity contribution in [1.82, 2.24) is 10.2 Å². The van der Waals surface area contributed by atoms with Crippen molar-refractivity contribution in [1.29, 1.82) is 0 Å². The quantitative estimate of drug-likeness (QED) is 0.758. The molecule has 1 amide bonds. The Balaban J connectivity index is 2.31. The highest BCUT2D eigenvalue weighted by molar-refractivity contribution is 6.03. The molecule has 2 heterocycles. The molecule has 0 spiro atoms. The topological polar surface area (TPSA) is 101 Å². The molecular weight excluding hydrogens is 248 g/mol. The molecule has 7 heteroatoms. The van der Waals surface area contributed by atoms with E-state index in [9.17, 15) is 9.59 Å². The number of hydrogen-bond acceptors (Lipinski definition) is 5. The zero-order chi connectivity index (χ0) is 14.0. The second kappa shape index (κ2) is 5.40. The SMILES string of the molecule is CCOC(=O)c1c(N2CC(CN)CC2=O)n[nH]c1C. The number of carbonyl (C=O) groups is 2. The Morgan fingerprint density at radius 2 is 2.37 bits per heavy atom. The zero-order valence-corrected chi connectivity index (χ0v) is 11.1. The van der Waals surface area contributed by atoms with Gasteiger partial charge >= 0.3 is 5.97 Å². The molecule has 0 saturated carbocycles. The second-order valence-corrected chi connectivity index (χ2v) is 4.58. The summed E-state index contributed by atoms with van der Waals surface area (Å²) in [6.45, 7) is 4.68. The van der Waals surface area contributed by atoms with E-state index < -0.39 is 5.97 Å². The number of rotatable bonds is 4. The Hall–Kier alpha value is -1.89. The summed E-state index contributed by atoms with van der Waals surface area (Å²) in [7, 11) is 0. The highest BCUT2D eigenvalue weighted by atomic mass is 16.5. The molecule has 1 atom stereocenters. The number of carbonyl (C=O) groups excluding carboxylic acids is 2. The number of hydrogen-bond donors (Lipinski definition) is 2. The van der Waals surface area contributed by atoms with Gasteiger partial charge in [0, 0.05) is 18.7 Å². The minimum atomic E-state index is -0.465. The van der Waals surface area contributed by atoms with Crippen molar-refractivity contribution in [3.8, 4) is 0 Å². The van der Waals surface area contributed by atoms with E-state index in [4.69, 9.17) is 10.5 Å². The number of nitrogens with two attached hydrogens (primary N) is 1. The number of aromatic amines is 1. The molecule has 1 aliphatic heterocycles. The van der Waals surface area contributed by atoms with Gasteiger partial charge in [-0.2, -0.15) is 5.10 Å². The van der Waals surface area contributed by atoms with Crippen LogP contribution in [-0.2, 0) is 9.53 Å². The van der Waals surface area contributed by atoms with Gasteiger partial charge in [-0.15, -0.1) is 0 Å². The lowest BCUT2D eigenvalue weighted by Gasteiger charge is -2.15. The Morgan fingerprint density at radius 3 is 2.95 bits per heavy atom. The van der Waals surface area contributed by atoms with Crippen molar-refractivity contribution >= 4 is 17.7 Å². The van der Waals surface area contributed by atoms with Gasteiger partial charge in [0.1, 0.15) is 5.56 Å². The molecule has 0 radical (unpaired) electrons. The van der Waals surface area contributed by atoms with Crippen molar-refractivity contribution in [2.45, 2.75) is 20.3 Å². The van der Waals surface area contributed by atoms with Gasteiger partial charge in [-0.1, -0.05) is 0 Å². The molecule has 104 valence electrons. The highest BCUT2D eigenvalue weighted by Gasteiger charge is 2.34. The van der Waals surface area contributed by atoms with Crippen LogP contribution in [0.3, 0.4) is 0 Å². The molecule has 1 unspecified atom stereocenters. The summed E-state index contributed by atoms with van der Waals surface area (Å²) in [5.41, 5.74) is 6.51. The van der Waals surface area contributed by atoms with Crippen LogP contribution < -0.4 is 10.6 Å². The average molecular weight is 266 g/mol. The molecule has 1 aromatic heterocycles. The maximum atomic E-state index is 12.0. The summed E-state index contributed by atoms with van der Waals surface area (Å²) in [5, 5.41) is 6.79. The van der Waals surface area contributed by atoms with Crippen molar-refractivity contribution in [2.75, 3.05) is 24.6 Å². The van der Waals surface area contributed by atoms with Crippen LogP contribution in [-0.4, -0.2) is 41.8 Å². The first kappa shape index (κ1) is 13.5. The standard InChI is InChI=1S/C12H18N4O3/c1-3-19-12(18)10-7(2)14-15-11(10)16-6-8(5-13)4-9(16)17/h8H,3-6,13H2,1-2H3,(H,14,15). The molecule has 1 fully saturated rings. The predicted octanol–water partition coefficient (Wildman–Crippen LogP) is 0.206. The molecule has 0 bridgehead atoms. The normalized spacial score (nSPS) is 19.0. The summed E-state index contributed by atoms with van der Waals surface area (Å²) in [5.74, 6) is -0.0725. The van der Waals surface area contributed by atoms with Crippen LogP contribution in [0.15, 0.2) is 0 Å². The van der Waals surface area contributed by atoms with E-state index in [0.29, 0.717) is 36.6 Å². The van der Waals surface area contributed by atoms with E-state index in [2.05, 4.69) is 10.2 Å². The lowest BCUT2D eigenvalue weighted by atomic mass is 10.1. The van der Waals surface area contributed by atoms with Crippen LogP contribution in [0.4, 0.5) is 5.82 Å². The van der Waals surface area contributed by atoms with E-state index >= 15 is 0 Å². The van der Waals surface area contributed by atoms with Crippen LogP contribution in [0, 0.1) is 12.8 Å². The summed E-state index contributed by atoms with van der Waals surface area (Å²) < 4.78 is 4.99. The molecular formula is C12H18N4O3. The Morgan fingerprint density at radius 1 is 1.63 bits per heavy atom. The number of nitrogens with zero attached hydrogens (tertiary/aromatic N) is 2. The van der Waals surface area contributed by atoms with Crippen molar-refractivity contribution < 1.29 is 14.3 Å². The van der Waals surface area contributed by atoms with E-state index in [0.717, 1.165) is 0 Å². The van der Waals surface area contributed by atoms with Gasteiger partial charge in [-0.3, -0.25) is 14.8 Å². The molecule has 1 saturated heterocycles. The molecule has 2 rings (SSSR count). The Bertz CT molecular complexity index is 497. The monoisotopic (exact) mass is 266 g/mol. The first-order chi connectivity index (χ1) is 9.08. The third kappa shape index (κ3) is 2.46. The molecule has 7 nitrogen and oxygen atoms in total. The van der Waals surface area contributed by atoms with Gasteiger partial charge in [0.2, 0.25) is 5.91 Å². The maximum Gasteiger partial charge on any atom is 0.343 e. The number of nitrogens with one attached hydrogen (secondary N) is 1.